The molecule has 0 saturated carbocycles. The van der Waals surface area contributed by atoms with Gasteiger partial charge in [0.25, 0.3) is 0 Å². The molecule has 0 saturated heterocycles. The number of hydrogen-bond acceptors (Lipinski definition) is 3. The lowest BCUT2D eigenvalue weighted by atomic mass is 10.1. The van der Waals surface area contributed by atoms with E-state index in [9.17, 15) is 13.2 Å². The third-order valence-corrected chi connectivity index (χ3v) is 2.51. The van der Waals surface area contributed by atoms with Crippen molar-refractivity contribution in [1.29, 1.82) is 5.26 Å². The summed E-state index contributed by atoms with van der Waals surface area (Å²) >= 11 is 0. The smallest absolute Gasteiger partial charge is 0.184 e. The predicted molar refractivity (Wildman–Crippen MR) is 65.2 cm³/mol. The molecule has 3 nitrogen and oxygen atoms in total. The zero-order valence-corrected chi connectivity index (χ0v) is 9.55. The molecule has 6 heteroatoms. The first-order valence-electron chi connectivity index (χ1n) is 5.23. The molecule has 0 aromatic heterocycles. The summed E-state index contributed by atoms with van der Waals surface area (Å²) in [6.45, 7) is 0. The predicted octanol–water partition coefficient (Wildman–Crippen LogP) is 3.30. The van der Waals surface area contributed by atoms with E-state index in [0.29, 0.717) is 0 Å². The molecule has 0 fully saturated rings. The van der Waals surface area contributed by atoms with Crippen molar-refractivity contribution >= 4 is 17.1 Å². The van der Waals surface area contributed by atoms with Crippen LogP contribution in [0.3, 0.4) is 0 Å². The van der Waals surface area contributed by atoms with Crippen molar-refractivity contribution in [3.63, 3.8) is 0 Å². The number of nitrogens with zero attached hydrogens (tertiary/aromatic N) is 1. The Balaban J connectivity index is 2.52. The first kappa shape index (κ1) is 12.8. The van der Waals surface area contributed by atoms with Crippen LogP contribution in [0.15, 0.2) is 30.3 Å². The summed E-state index contributed by atoms with van der Waals surface area (Å²) in [5, 5.41) is 11.3. The number of anilines is 3. The fraction of sp³-hybridized carbons (Fsp3) is 0. The fourth-order valence-corrected chi connectivity index (χ4v) is 1.57. The maximum atomic E-state index is 13.6. The normalized spacial score (nSPS) is 10.0. The van der Waals surface area contributed by atoms with Gasteiger partial charge in [0.1, 0.15) is 23.1 Å². The van der Waals surface area contributed by atoms with Gasteiger partial charge in [0.05, 0.1) is 11.4 Å². The van der Waals surface area contributed by atoms with Gasteiger partial charge in [-0.2, -0.15) is 5.26 Å². The summed E-state index contributed by atoms with van der Waals surface area (Å²) in [4.78, 5) is 0. The van der Waals surface area contributed by atoms with Crippen LogP contribution in [0.1, 0.15) is 5.56 Å². The minimum absolute atomic E-state index is 0.0127. The van der Waals surface area contributed by atoms with Crippen molar-refractivity contribution in [2.24, 2.45) is 0 Å². The molecule has 0 unspecified atom stereocenters. The van der Waals surface area contributed by atoms with E-state index in [2.05, 4.69) is 5.32 Å². The molecule has 0 spiro atoms. The average molecular weight is 263 g/mol. The van der Waals surface area contributed by atoms with Gasteiger partial charge < -0.3 is 11.1 Å². The number of nitrogens with two attached hydrogens (primary N) is 1. The van der Waals surface area contributed by atoms with Crippen molar-refractivity contribution < 1.29 is 13.2 Å². The van der Waals surface area contributed by atoms with Crippen LogP contribution in [-0.4, -0.2) is 0 Å². The molecular formula is C13H8F3N3. The first-order valence-corrected chi connectivity index (χ1v) is 5.23. The Morgan fingerprint density at radius 3 is 2.47 bits per heavy atom. The zero-order valence-electron chi connectivity index (χ0n) is 9.55. The highest BCUT2D eigenvalue weighted by Crippen LogP contribution is 2.30. The summed E-state index contributed by atoms with van der Waals surface area (Å²) in [6.07, 6.45) is 0. The molecule has 2 rings (SSSR count). The van der Waals surface area contributed by atoms with Gasteiger partial charge in [-0.25, -0.2) is 13.2 Å². The molecule has 19 heavy (non-hydrogen) atoms. The lowest BCUT2D eigenvalue weighted by molar-refractivity contribution is 0.512. The molecule has 0 heterocycles. The Labute approximate surface area is 107 Å². The average Bonchev–Trinajstić information content (AvgIpc) is 2.39. The van der Waals surface area contributed by atoms with Gasteiger partial charge in [-0.15, -0.1) is 0 Å². The minimum atomic E-state index is -1.19. The molecule has 0 aliphatic rings. The van der Waals surface area contributed by atoms with E-state index >= 15 is 0 Å². The molecule has 2 aromatic rings. The van der Waals surface area contributed by atoms with Crippen molar-refractivity contribution in [1.82, 2.24) is 0 Å². The number of nitriles is 1. The third-order valence-electron chi connectivity index (χ3n) is 2.51. The van der Waals surface area contributed by atoms with E-state index in [4.69, 9.17) is 11.0 Å². The Kier molecular flexibility index (Phi) is 3.29. The summed E-state index contributed by atoms with van der Waals surface area (Å²) in [5.74, 6) is -3.04. The van der Waals surface area contributed by atoms with Gasteiger partial charge in [-0.3, -0.25) is 0 Å². The second kappa shape index (κ2) is 4.90. The van der Waals surface area contributed by atoms with Crippen molar-refractivity contribution in [2.45, 2.75) is 0 Å². The standard InChI is InChI=1S/C13H8F3N3/c14-8-2-1-3-11(7(8)6-17)19-13-10(18)5-4-9(15)12(13)16/h1-5,19H,18H2. The molecule has 0 aliphatic carbocycles. The zero-order chi connectivity index (χ0) is 14.0. The van der Waals surface area contributed by atoms with Crippen LogP contribution in [0, 0.1) is 28.8 Å². The van der Waals surface area contributed by atoms with Crippen LogP contribution in [0.2, 0.25) is 0 Å². The number of halogens is 3. The largest absolute Gasteiger partial charge is 0.397 e. The van der Waals surface area contributed by atoms with Crippen LogP contribution in [0.4, 0.5) is 30.2 Å². The third kappa shape index (κ3) is 2.31. The van der Waals surface area contributed by atoms with E-state index in [1.807, 2.05) is 0 Å². The summed E-state index contributed by atoms with van der Waals surface area (Å²) in [7, 11) is 0. The maximum absolute atomic E-state index is 13.6. The Morgan fingerprint density at radius 2 is 1.79 bits per heavy atom. The molecule has 0 bridgehead atoms. The van der Waals surface area contributed by atoms with Crippen LogP contribution < -0.4 is 11.1 Å². The van der Waals surface area contributed by atoms with Crippen LogP contribution in [-0.2, 0) is 0 Å². The van der Waals surface area contributed by atoms with Crippen molar-refractivity contribution in [3.05, 3.63) is 53.3 Å². The van der Waals surface area contributed by atoms with Crippen LogP contribution in [0.25, 0.3) is 0 Å². The molecule has 0 aliphatic heterocycles. The molecule has 0 radical (unpaired) electrons. The van der Waals surface area contributed by atoms with E-state index in [1.165, 1.54) is 18.2 Å². The van der Waals surface area contributed by atoms with Crippen molar-refractivity contribution in [2.75, 3.05) is 11.1 Å². The Hall–Kier alpha value is -2.68. The van der Waals surface area contributed by atoms with Gasteiger partial charge in [0, 0.05) is 0 Å². The highest BCUT2D eigenvalue weighted by atomic mass is 19.2. The summed E-state index contributed by atoms with van der Waals surface area (Å²) < 4.78 is 40.1. The van der Waals surface area contributed by atoms with Crippen LogP contribution in [0.5, 0.6) is 0 Å². The Bertz CT molecular complexity index is 678. The van der Waals surface area contributed by atoms with E-state index in [1.54, 1.807) is 6.07 Å². The minimum Gasteiger partial charge on any atom is -0.397 e. The van der Waals surface area contributed by atoms with Gasteiger partial charge in [-0.1, -0.05) is 6.07 Å². The first-order chi connectivity index (χ1) is 9.04. The van der Waals surface area contributed by atoms with E-state index in [0.717, 1.165) is 12.1 Å². The molecule has 2 aromatic carbocycles. The number of nitrogens with one attached hydrogen (secondary N) is 1. The lowest BCUT2D eigenvalue weighted by Crippen LogP contribution is -2.03. The SMILES string of the molecule is N#Cc1c(F)cccc1Nc1c(N)ccc(F)c1F. The molecule has 0 amide bonds. The second-order valence-electron chi connectivity index (χ2n) is 3.72. The molecule has 3 N–H and O–H groups in total. The summed E-state index contributed by atoms with van der Waals surface area (Å²) in [5.41, 5.74) is 4.85. The van der Waals surface area contributed by atoms with Gasteiger partial charge in [0.2, 0.25) is 0 Å². The lowest BCUT2D eigenvalue weighted by Gasteiger charge is -2.12. The maximum Gasteiger partial charge on any atom is 0.184 e. The number of benzene rings is 2. The monoisotopic (exact) mass is 263 g/mol. The molecular weight excluding hydrogens is 255 g/mol. The van der Waals surface area contributed by atoms with E-state index in [-0.39, 0.29) is 22.6 Å². The molecule has 0 atom stereocenters. The highest BCUT2D eigenvalue weighted by Gasteiger charge is 2.15. The fourth-order valence-electron chi connectivity index (χ4n) is 1.57. The second-order valence-corrected chi connectivity index (χ2v) is 3.72. The topological polar surface area (TPSA) is 61.8 Å². The van der Waals surface area contributed by atoms with Gasteiger partial charge >= 0.3 is 0 Å². The van der Waals surface area contributed by atoms with Crippen molar-refractivity contribution in [3.8, 4) is 6.07 Å². The van der Waals surface area contributed by atoms with Gasteiger partial charge in [0.15, 0.2) is 11.6 Å². The number of hydrogen-bond donors (Lipinski definition) is 2. The Morgan fingerprint density at radius 1 is 1.05 bits per heavy atom. The highest BCUT2D eigenvalue weighted by molar-refractivity contribution is 5.75. The molecule has 96 valence electrons. The summed E-state index contributed by atoms with van der Waals surface area (Å²) in [6, 6.07) is 7.50. The number of rotatable bonds is 2. The number of nitrogen functional groups attached to an aromatic ring is 1. The van der Waals surface area contributed by atoms with Crippen LogP contribution >= 0.6 is 0 Å². The quantitative estimate of drug-likeness (QED) is 0.817. The van der Waals surface area contributed by atoms with Gasteiger partial charge in [-0.05, 0) is 24.3 Å². The van der Waals surface area contributed by atoms with E-state index < -0.39 is 17.5 Å².